The van der Waals surface area contributed by atoms with E-state index in [4.69, 9.17) is 9.47 Å². The number of hydrogen-bond acceptors (Lipinski definition) is 7. The molecule has 0 unspecified atom stereocenters. The Bertz CT molecular complexity index is 1330. The Hall–Kier alpha value is -3.03. The minimum atomic E-state index is -1.20. The van der Waals surface area contributed by atoms with Crippen molar-refractivity contribution in [1.82, 2.24) is 14.8 Å². The van der Waals surface area contributed by atoms with Gasteiger partial charge in [0.25, 0.3) is 11.8 Å². The van der Waals surface area contributed by atoms with Gasteiger partial charge >= 0.3 is 0 Å². The fraction of sp³-hybridized carbons (Fsp3) is 0.458. The number of aromatic hydroxyl groups is 1. The molecule has 2 amide bonds. The first-order chi connectivity index (χ1) is 17.6. The molecule has 5 rings (SSSR count). The van der Waals surface area contributed by atoms with E-state index >= 15 is 0 Å². The average Bonchev–Trinajstić information content (AvgIpc) is 3.23. The third-order valence-corrected chi connectivity index (χ3v) is 8.66. The van der Waals surface area contributed by atoms with E-state index in [0.29, 0.717) is 30.7 Å². The molecule has 0 radical (unpaired) electrons. The second-order valence-electron chi connectivity index (χ2n) is 9.27. The molecule has 2 saturated heterocycles. The summed E-state index contributed by atoms with van der Waals surface area (Å²) in [4.78, 5) is 39.9. The maximum Gasteiger partial charge on any atom is 0.274 e. The number of ether oxygens (including phenoxy) is 2. The van der Waals surface area contributed by atoms with Crippen molar-refractivity contribution in [3.63, 3.8) is 0 Å². The number of fused-ring (bicyclic) bond motifs is 5. The zero-order valence-electron chi connectivity index (χ0n) is 19.9. The number of halogens is 3. The van der Waals surface area contributed by atoms with Crippen LogP contribution in [0.3, 0.4) is 0 Å². The van der Waals surface area contributed by atoms with E-state index in [9.17, 15) is 32.7 Å². The molecule has 1 aromatic carbocycles. The molecule has 0 saturated carbocycles. The molecule has 3 aliphatic heterocycles. The van der Waals surface area contributed by atoms with Gasteiger partial charge in [-0.2, -0.15) is 0 Å². The third-order valence-electron chi connectivity index (χ3n) is 7.16. The van der Waals surface area contributed by atoms with Crippen molar-refractivity contribution >= 4 is 23.6 Å². The van der Waals surface area contributed by atoms with Crippen LogP contribution in [0.2, 0.25) is 0 Å². The number of thioether (sulfide) groups is 1. The highest BCUT2D eigenvalue weighted by Crippen LogP contribution is 2.52. The first kappa shape index (κ1) is 25.6. The lowest BCUT2D eigenvalue weighted by Gasteiger charge is -2.42. The Kier molecular flexibility index (Phi) is 6.49. The molecule has 4 heterocycles. The maximum absolute atomic E-state index is 14.0. The molecule has 37 heavy (non-hydrogen) atoms. The lowest BCUT2D eigenvalue weighted by molar-refractivity contribution is -0.155. The quantitative estimate of drug-likeness (QED) is 0.615. The van der Waals surface area contributed by atoms with E-state index in [0.717, 1.165) is 0 Å². The number of hydrogen-bond donors (Lipinski definition) is 2. The molecule has 9 nitrogen and oxygen atoms in total. The summed E-state index contributed by atoms with van der Waals surface area (Å²) in [6, 6.07) is 0.188. The molecule has 4 atom stereocenters. The third kappa shape index (κ3) is 4.18. The van der Waals surface area contributed by atoms with Gasteiger partial charge in [0.15, 0.2) is 17.7 Å². The van der Waals surface area contributed by atoms with Crippen LogP contribution in [0, 0.1) is 17.5 Å². The number of amides is 2. The zero-order chi connectivity index (χ0) is 26.6. The van der Waals surface area contributed by atoms with Gasteiger partial charge in [-0.1, -0.05) is 0 Å². The lowest BCUT2D eigenvalue weighted by atomic mass is 10.0. The Labute approximate surface area is 213 Å². The topological polar surface area (TPSA) is 110 Å². The molecular weight excluding hydrogens is 515 g/mol. The molecule has 2 aromatic rings. The normalized spacial score (nSPS) is 26.8. The Morgan fingerprint density at radius 2 is 2.00 bits per heavy atom. The molecule has 198 valence electrons. The smallest absolute Gasteiger partial charge is 0.274 e. The average molecular weight is 540 g/mol. The highest BCUT2D eigenvalue weighted by Gasteiger charge is 2.54. The van der Waals surface area contributed by atoms with Gasteiger partial charge in [0.05, 0.1) is 6.04 Å². The van der Waals surface area contributed by atoms with Gasteiger partial charge < -0.3 is 29.4 Å². The largest absolute Gasteiger partial charge is 0.503 e. The number of nitrogens with zero attached hydrogens (tertiary/aromatic N) is 2. The Morgan fingerprint density at radius 1 is 1.30 bits per heavy atom. The molecule has 1 aromatic heterocycles. The van der Waals surface area contributed by atoms with Crippen LogP contribution < -0.4 is 10.7 Å². The monoisotopic (exact) mass is 539 g/mol. The van der Waals surface area contributed by atoms with Gasteiger partial charge in [0.1, 0.15) is 27.9 Å². The predicted octanol–water partition coefficient (Wildman–Crippen LogP) is 2.51. The van der Waals surface area contributed by atoms with E-state index in [1.165, 1.54) is 29.6 Å². The molecule has 1 spiro atoms. The van der Waals surface area contributed by atoms with Gasteiger partial charge in [0, 0.05) is 55.9 Å². The molecule has 0 aliphatic carbocycles. The number of methoxy groups -OCH3 is 1. The molecule has 2 bridgehead atoms. The van der Waals surface area contributed by atoms with Gasteiger partial charge in [-0.3, -0.25) is 14.4 Å². The second kappa shape index (κ2) is 9.37. The highest BCUT2D eigenvalue weighted by molar-refractivity contribution is 8.00. The highest BCUT2D eigenvalue weighted by atomic mass is 32.2. The van der Waals surface area contributed by atoms with Crippen molar-refractivity contribution in [1.29, 1.82) is 0 Å². The van der Waals surface area contributed by atoms with Crippen LogP contribution in [0.4, 0.5) is 13.2 Å². The SMILES string of the molecule is CO[C@@H]1CS[C@]2(CC[C@H](C)N3C[C@H]2n2cc(C(=O)NCc4c(F)cc(F)cc4F)c(=O)c(O)c2C3=O)O1. The predicted molar refractivity (Wildman–Crippen MR) is 126 cm³/mol. The number of pyridine rings is 1. The molecule has 2 N–H and O–H groups in total. The van der Waals surface area contributed by atoms with Crippen LogP contribution in [-0.4, -0.2) is 63.1 Å². The minimum Gasteiger partial charge on any atom is -0.503 e. The van der Waals surface area contributed by atoms with E-state index in [1.807, 2.05) is 6.92 Å². The fourth-order valence-corrected chi connectivity index (χ4v) is 6.56. The number of benzene rings is 1. The van der Waals surface area contributed by atoms with Crippen molar-refractivity contribution in [2.75, 3.05) is 19.4 Å². The van der Waals surface area contributed by atoms with Gasteiger partial charge in [-0.05, 0) is 19.8 Å². The summed E-state index contributed by atoms with van der Waals surface area (Å²) in [6.07, 6.45) is 1.83. The van der Waals surface area contributed by atoms with Crippen molar-refractivity contribution in [3.05, 3.63) is 62.8 Å². The summed E-state index contributed by atoms with van der Waals surface area (Å²) in [5.74, 6) is -5.47. The number of aromatic nitrogens is 1. The summed E-state index contributed by atoms with van der Waals surface area (Å²) >= 11 is 1.50. The molecular formula is C24H24F3N3O6S. The Morgan fingerprint density at radius 3 is 2.65 bits per heavy atom. The van der Waals surface area contributed by atoms with Crippen molar-refractivity contribution in [3.8, 4) is 5.75 Å². The fourth-order valence-electron chi connectivity index (χ4n) is 5.12. The van der Waals surface area contributed by atoms with Crippen LogP contribution in [0.1, 0.15) is 52.2 Å². The lowest BCUT2D eigenvalue weighted by Crippen LogP contribution is -2.51. The van der Waals surface area contributed by atoms with Crippen LogP contribution in [-0.2, 0) is 16.0 Å². The second-order valence-corrected chi connectivity index (χ2v) is 10.6. The number of carbonyl (C=O) groups is 2. The van der Waals surface area contributed by atoms with E-state index in [2.05, 4.69) is 5.32 Å². The van der Waals surface area contributed by atoms with Crippen LogP contribution in [0.25, 0.3) is 0 Å². The number of carbonyl (C=O) groups excluding carboxylic acids is 2. The van der Waals surface area contributed by atoms with Crippen molar-refractivity contribution in [2.24, 2.45) is 0 Å². The summed E-state index contributed by atoms with van der Waals surface area (Å²) in [6.45, 7) is 1.42. The van der Waals surface area contributed by atoms with E-state index < -0.39 is 75.4 Å². The van der Waals surface area contributed by atoms with Crippen LogP contribution in [0.15, 0.2) is 23.1 Å². The van der Waals surface area contributed by atoms with Gasteiger partial charge in [-0.15, -0.1) is 11.8 Å². The molecule has 2 fully saturated rings. The maximum atomic E-state index is 14.0. The number of rotatable bonds is 4. The number of nitrogens with one attached hydrogen (secondary N) is 1. The van der Waals surface area contributed by atoms with Crippen LogP contribution >= 0.6 is 11.8 Å². The van der Waals surface area contributed by atoms with Crippen molar-refractivity contribution < 1.29 is 37.3 Å². The summed E-state index contributed by atoms with van der Waals surface area (Å²) in [5.41, 5.74) is -2.48. The zero-order valence-corrected chi connectivity index (χ0v) is 20.7. The Balaban J connectivity index is 1.55. The molecule has 3 aliphatic rings. The minimum absolute atomic E-state index is 0.188. The van der Waals surface area contributed by atoms with Crippen molar-refractivity contribution in [2.45, 2.75) is 49.6 Å². The standard InChI is InChI=1S/C24H24F3N3O6S/c1-11-3-4-24(36-18(35-2)10-37-24)17-9-29(11)23(34)19-21(32)20(31)14(8-30(17)19)22(33)28-7-13-15(26)5-12(25)6-16(13)27/h5-6,8,11,17-18,32H,3-4,7,9-10H2,1-2H3,(H,28,33)/t11-,17+,18-,24-/m0/s1. The first-order valence-electron chi connectivity index (χ1n) is 11.6. The summed E-state index contributed by atoms with van der Waals surface area (Å²) < 4.78 is 54.3. The first-order valence-corrected chi connectivity index (χ1v) is 12.6. The van der Waals surface area contributed by atoms with E-state index in [-0.39, 0.29) is 18.3 Å². The summed E-state index contributed by atoms with van der Waals surface area (Å²) in [5, 5.41) is 13.1. The van der Waals surface area contributed by atoms with Gasteiger partial charge in [0.2, 0.25) is 5.43 Å². The van der Waals surface area contributed by atoms with Gasteiger partial charge in [-0.25, -0.2) is 13.2 Å². The summed E-state index contributed by atoms with van der Waals surface area (Å²) in [7, 11) is 1.52. The van der Waals surface area contributed by atoms with E-state index in [1.54, 1.807) is 4.90 Å². The van der Waals surface area contributed by atoms with Crippen LogP contribution in [0.5, 0.6) is 5.75 Å². The molecule has 13 heteroatoms.